The number of carbonyl (C=O) groups excluding carboxylic acids is 1. The molecule has 0 aliphatic heterocycles. The lowest BCUT2D eigenvalue weighted by atomic mass is 10.2. The van der Waals surface area contributed by atoms with Gasteiger partial charge in [0, 0.05) is 28.1 Å². The number of aryl methyl sites for hydroxylation is 1. The molecule has 0 fully saturated rings. The standard InChI is InChI=1S/C21H21BrN2O3S/c1-15-13-20(16(2)24(15)18-8-6-7-17(22)14-18)21(25)23-11-12-28(26,27)19-9-4-3-5-10-19/h3-10,13-14H,11-12H2,1-2H3,(H,23,25). The molecule has 7 heteroatoms. The summed E-state index contributed by atoms with van der Waals surface area (Å²) >= 11 is 3.47. The smallest absolute Gasteiger partial charge is 0.253 e. The second-order valence-corrected chi connectivity index (χ2v) is 9.51. The maximum Gasteiger partial charge on any atom is 0.253 e. The van der Waals surface area contributed by atoms with Crippen LogP contribution in [0.2, 0.25) is 0 Å². The van der Waals surface area contributed by atoms with Gasteiger partial charge in [-0.15, -0.1) is 0 Å². The van der Waals surface area contributed by atoms with E-state index in [9.17, 15) is 13.2 Å². The van der Waals surface area contributed by atoms with Crippen molar-refractivity contribution in [1.29, 1.82) is 0 Å². The van der Waals surface area contributed by atoms with Gasteiger partial charge in [-0.2, -0.15) is 0 Å². The van der Waals surface area contributed by atoms with Gasteiger partial charge in [0.25, 0.3) is 5.91 Å². The molecule has 0 aliphatic carbocycles. The quantitative estimate of drug-likeness (QED) is 0.602. The summed E-state index contributed by atoms with van der Waals surface area (Å²) in [5.74, 6) is -0.426. The minimum Gasteiger partial charge on any atom is -0.351 e. The lowest BCUT2D eigenvalue weighted by Gasteiger charge is -2.11. The van der Waals surface area contributed by atoms with E-state index < -0.39 is 9.84 Å². The number of rotatable bonds is 6. The van der Waals surface area contributed by atoms with Crippen LogP contribution in [0, 0.1) is 13.8 Å². The van der Waals surface area contributed by atoms with Crippen molar-refractivity contribution in [2.24, 2.45) is 0 Å². The first-order valence-electron chi connectivity index (χ1n) is 8.80. The predicted molar refractivity (Wildman–Crippen MR) is 114 cm³/mol. The molecule has 1 aromatic heterocycles. The third-order valence-electron chi connectivity index (χ3n) is 4.50. The topological polar surface area (TPSA) is 68.2 Å². The summed E-state index contributed by atoms with van der Waals surface area (Å²) in [5.41, 5.74) is 3.22. The molecule has 28 heavy (non-hydrogen) atoms. The molecule has 0 saturated heterocycles. The van der Waals surface area contributed by atoms with Gasteiger partial charge in [-0.1, -0.05) is 40.2 Å². The third-order valence-corrected chi connectivity index (χ3v) is 6.73. The Balaban J connectivity index is 1.73. The van der Waals surface area contributed by atoms with Crippen molar-refractivity contribution in [2.45, 2.75) is 18.7 Å². The van der Waals surface area contributed by atoms with Gasteiger partial charge < -0.3 is 9.88 Å². The van der Waals surface area contributed by atoms with Gasteiger partial charge in [-0.05, 0) is 50.2 Å². The fourth-order valence-electron chi connectivity index (χ4n) is 3.15. The molecule has 3 aromatic rings. The summed E-state index contributed by atoms with van der Waals surface area (Å²) in [6.45, 7) is 3.87. The van der Waals surface area contributed by atoms with Crippen LogP contribution in [-0.2, 0) is 9.84 Å². The molecular formula is C21H21BrN2O3S. The number of halogens is 1. The maximum atomic E-state index is 12.6. The van der Waals surface area contributed by atoms with Crippen LogP contribution < -0.4 is 5.32 Å². The zero-order valence-corrected chi connectivity index (χ0v) is 18.0. The molecular weight excluding hydrogens is 440 g/mol. The molecule has 0 bridgehead atoms. The van der Waals surface area contributed by atoms with E-state index in [0.717, 1.165) is 21.5 Å². The molecule has 1 N–H and O–H groups in total. The molecule has 0 atom stereocenters. The largest absolute Gasteiger partial charge is 0.351 e. The van der Waals surface area contributed by atoms with Crippen molar-refractivity contribution >= 4 is 31.7 Å². The highest BCUT2D eigenvalue weighted by Gasteiger charge is 2.18. The van der Waals surface area contributed by atoms with Crippen LogP contribution in [0.4, 0.5) is 0 Å². The van der Waals surface area contributed by atoms with Crippen molar-refractivity contribution < 1.29 is 13.2 Å². The summed E-state index contributed by atoms with van der Waals surface area (Å²) in [6.07, 6.45) is 0. The minimum absolute atomic E-state index is 0.0522. The van der Waals surface area contributed by atoms with E-state index in [2.05, 4.69) is 21.2 Å². The molecule has 0 spiro atoms. The van der Waals surface area contributed by atoms with E-state index in [1.54, 1.807) is 30.3 Å². The molecule has 0 unspecified atom stereocenters. The van der Waals surface area contributed by atoms with Gasteiger partial charge in [0.05, 0.1) is 16.2 Å². The van der Waals surface area contributed by atoms with Gasteiger partial charge in [0.1, 0.15) is 0 Å². The lowest BCUT2D eigenvalue weighted by Crippen LogP contribution is -2.29. The Labute approximate surface area is 173 Å². The number of hydrogen-bond acceptors (Lipinski definition) is 3. The third kappa shape index (κ3) is 4.36. The summed E-state index contributed by atoms with van der Waals surface area (Å²) in [4.78, 5) is 12.9. The Morgan fingerprint density at radius 3 is 2.43 bits per heavy atom. The monoisotopic (exact) mass is 460 g/mol. The SMILES string of the molecule is Cc1cc(C(=O)NCCS(=O)(=O)c2ccccc2)c(C)n1-c1cccc(Br)c1. The van der Waals surface area contributed by atoms with E-state index in [-0.39, 0.29) is 23.1 Å². The zero-order valence-electron chi connectivity index (χ0n) is 15.6. The van der Waals surface area contributed by atoms with E-state index in [1.165, 1.54) is 0 Å². The number of carbonyl (C=O) groups is 1. The molecule has 0 radical (unpaired) electrons. The second-order valence-electron chi connectivity index (χ2n) is 6.49. The van der Waals surface area contributed by atoms with Crippen molar-refractivity contribution in [3.63, 3.8) is 0 Å². The first-order valence-corrected chi connectivity index (χ1v) is 11.2. The number of sulfone groups is 1. The van der Waals surface area contributed by atoms with Gasteiger partial charge in [0.2, 0.25) is 0 Å². The van der Waals surface area contributed by atoms with E-state index in [1.807, 2.05) is 48.7 Å². The fourth-order valence-corrected chi connectivity index (χ4v) is 4.71. The zero-order chi connectivity index (χ0) is 20.3. The summed E-state index contributed by atoms with van der Waals surface area (Å²) in [6, 6.07) is 17.9. The van der Waals surface area contributed by atoms with Crippen molar-refractivity contribution in [1.82, 2.24) is 9.88 Å². The maximum absolute atomic E-state index is 12.6. The van der Waals surface area contributed by atoms with Gasteiger partial charge in [-0.3, -0.25) is 4.79 Å². The van der Waals surface area contributed by atoms with Gasteiger partial charge >= 0.3 is 0 Å². The number of nitrogens with zero attached hydrogens (tertiary/aromatic N) is 1. The van der Waals surface area contributed by atoms with Crippen LogP contribution in [0.15, 0.2) is 70.0 Å². The number of benzene rings is 2. The number of amides is 1. The predicted octanol–water partition coefficient (Wildman–Crippen LogP) is 4.06. The first kappa shape index (κ1) is 20.4. The Hall–Kier alpha value is -2.38. The Bertz CT molecular complexity index is 1110. The summed E-state index contributed by atoms with van der Waals surface area (Å²) in [5, 5.41) is 2.73. The van der Waals surface area contributed by atoms with Crippen LogP contribution in [0.5, 0.6) is 0 Å². The number of nitrogens with one attached hydrogen (secondary N) is 1. The Morgan fingerprint density at radius 2 is 1.75 bits per heavy atom. The molecule has 3 rings (SSSR count). The number of hydrogen-bond donors (Lipinski definition) is 1. The second kappa shape index (κ2) is 8.32. The molecule has 0 saturated carbocycles. The number of aromatic nitrogens is 1. The molecule has 146 valence electrons. The summed E-state index contributed by atoms with van der Waals surface area (Å²) < 4.78 is 27.6. The van der Waals surface area contributed by atoms with Crippen LogP contribution in [0.3, 0.4) is 0 Å². The molecule has 5 nitrogen and oxygen atoms in total. The van der Waals surface area contributed by atoms with Crippen molar-refractivity contribution in [2.75, 3.05) is 12.3 Å². The molecule has 1 amide bonds. The van der Waals surface area contributed by atoms with Crippen molar-refractivity contribution in [3.8, 4) is 5.69 Å². The fraction of sp³-hybridized carbons (Fsp3) is 0.190. The van der Waals surface area contributed by atoms with Gasteiger partial charge in [0.15, 0.2) is 9.84 Å². The molecule has 0 aliphatic rings. The molecule has 1 heterocycles. The Morgan fingerprint density at radius 1 is 1.04 bits per heavy atom. The normalized spacial score (nSPS) is 11.4. The minimum atomic E-state index is -3.42. The van der Waals surface area contributed by atoms with E-state index >= 15 is 0 Å². The highest BCUT2D eigenvalue weighted by molar-refractivity contribution is 9.10. The van der Waals surface area contributed by atoms with Crippen LogP contribution >= 0.6 is 15.9 Å². The van der Waals surface area contributed by atoms with Crippen LogP contribution in [0.1, 0.15) is 21.7 Å². The molecule has 2 aromatic carbocycles. The van der Waals surface area contributed by atoms with Crippen LogP contribution in [-0.4, -0.2) is 31.2 Å². The lowest BCUT2D eigenvalue weighted by molar-refractivity contribution is 0.0955. The van der Waals surface area contributed by atoms with Gasteiger partial charge in [-0.25, -0.2) is 8.42 Å². The first-order chi connectivity index (χ1) is 13.3. The van der Waals surface area contributed by atoms with E-state index in [4.69, 9.17) is 0 Å². The average Bonchev–Trinajstić information content (AvgIpc) is 2.96. The van der Waals surface area contributed by atoms with Crippen molar-refractivity contribution in [3.05, 3.63) is 82.1 Å². The Kier molecular flexibility index (Phi) is 6.05. The van der Waals surface area contributed by atoms with Crippen LogP contribution in [0.25, 0.3) is 5.69 Å². The average molecular weight is 461 g/mol. The summed E-state index contributed by atoms with van der Waals surface area (Å²) in [7, 11) is -3.42. The highest BCUT2D eigenvalue weighted by atomic mass is 79.9. The van der Waals surface area contributed by atoms with E-state index in [0.29, 0.717) is 5.56 Å². The highest BCUT2D eigenvalue weighted by Crippen LogP contribution is 2.23.